The zero-order chi connectivity index (χ0) is 13.5. The summed E-state index contributed by atoms with van der Waals surface area (Å²) in [5, 5.41) is 7.06. The molecule has 1 aliphatic carbocycles. The van der Waals surface area contributed by atoms with Crippen LogP contribution in [0.25, 0.3) is 0 Å². The highest BCUT2D eigenvalue weighted by Crippen LogP contribution is 2.25. The Balaban J connectivity index is 2.44. The van der Waals surface area contributed by atoms with Crippen LogP contribution in [0.5, 0.6) is 0 Å². The normalized spacial score (nSPS) is 15.5. The van der Waals surface area contributed by atoms with Crippen molar-refractivity contribution in [3.63, 3.8) is 0 Å². The number of sulfonamides is 1. The minimum atomic E-state index is -4.09. The second-order valence-electron chi connectivity index (χ2n) is 4.06. The lowest BCUT2D eigenvalue weighted by molar-refractivity contribution is 0.0950. The smallest absolute Gasteiger partial charge is 0.253 e. The molecule has 0 spiro atoms. The van der Waals surface area contributed by atoms with Gasteiger partial charge in [0.15, 0.2) is 0 Å². The molecule has 1 amide bonds. The van der Waals surface area contributed by atoms with E-state index in [1.54, 1.807) is 0 Å². The largest absolute Gasteiger partial charge is 0.349 e. The summed E-state index contributed by atoms with van der Waals surface area (Å²) in [5.41, 5.74) is -0.229. The number of rotatable bonds is 3. The van der Waals surface area contributed by atoms with E-state index in [4.69, 9.17) is 16.7 Å². The van der Waals surface area contributed by atoms with Gasteiger partial charge in [0.05, 0.1) is 15.5 Å². The van der Waals surface area contributed by atoms with Crippen LogP contribution in [0, 0.1) is 5.82 Å². The SMILES string of the molecule is NS(=O)(=O)c1cc(F)c(Cl)c(C(=O)NC2CC2)c1. The molecule has 1 fully saturated rings. The fourth-order valence-electron chi connectivity index (χ4n) is 1.38. The lowest BCUT2D eigenvalue weighted by Crippen LogP contribution is -2.26. The number of benzene rings is 1. The Morgan fingerprint density at radius 3 is 2.56 bits per heavy atom. The molecule has 1 aromatic rings. The van der Waals surface area contributed by atoms with Gasteiger partial charge in [-0.2, -0.15) is 0 Å². The summed E-state index contributed by atoms with van der Waals surface area (Å²) >= 11 is 5.64. The van der Waals surface area contributed by atoms with Gasteiger partial charge in [-0.15, -0.1) is 0 Å². The molecule has 98 valence electrons. The van der Waals surface area contributed by atoms with Gasteiger partial charge in [-0.3, -0.25) is 4.79 Å². The van der Waals surface area contributed by atoms with E-state index in [1.807, 2.05) is 0 Å². The van der Waals surface area contributed by atoms with E-state index in [1.165, 1.54) is 0 Å². The van der Waals surface area contributed by atoms with Crippen molar-refractivity contribution in [1.29, 1.82) is 0 Å². The molecule has 18 heavy (non-hydrogen) atoms. The minimum absolute atomic E-state index is 0.0507. The second-order valence-corrected chi connectivity index (χ2v) is 6.00. The van der Waals surface area contributed by atoms with Crippen LogP contribution < -0.4 is 10.5 Å². The van der Waals surface area contributed by atoms with Gasteiger partial charge in [-0.05, 0) is 25.0 Å². The van der Waals surface area contributed by atoms with E-state index in [2.05, 4.69) is 5.32 Å². The van der Waals surface area contributed by atoms with Crippen LogP contribution in [-0.4, -0.2) is 20.4 Å². The van der Waals surface area contributed by atoms with Crippen LogP contribution in [0.4, 0.5) is 4.39 Å². The Labute approximate surface area is 108 Å². The molecule has 8 heteroatoms. The number of carbonyl (C=O) groups is 1. The van der Waals surface area contributed by atoms with Gasteiger partial charge in [-0.25, -0.2) is 17.9 Å². The van der Waals surface area contributed by atoms with Gasteiger partial charge < -0.3 is 5.32 Å². The maximum absolute atomic E-state index is 13.5. The predicted molar refractivity (Wildman–Crippen MR) is 63.3 cm³/mol. The van der Waals surface area contributed by atoms with Gasteiger partial charge >= 0.3 is 0 Å². The molecule has 0 heterocycles. The van der Waals surface area contributed by atoms with Crippen LogP contribution in [-0.2, 0) is 10.0 Å². The molecule has 0 unspecified atom stereocenters. The number of nitrogens with one attached hydrogen (secondary N) is 1. The second kappa shape index (κ2) is 4.49. The number of carbonyl (C=O) groups excluding carboxylic acids is 1. The molecule has 0 aromatic heterocycles. The first kappa shape index (κ1) is 13.3. The van der Waals surface area contributed by atoms with Gasteiger partial charge in [0.1, 0.15) is 5.82 Å². The third-order valence-corrected chi connectivity index (χ3v) is 3.76. The molecule has 1 aliphatic rings. The molecule has 0 radical (unpaired) electrons. The summed E-state index contributed by atoms with van der Waals surface area (Å²) in [4.78, 5) is 11.3. The Bertz CT molecular complexity index is 614. The zero-order valence-corrected chi connectivity index (χ0v) is 10.7. The van der Waals surface area contributed by atoms with E-state index in [9.17, 15) is 17.6 Å². The number of primary sulfonamides is 1. The van der Waals surface area contributed by atoms with Crippen LogP contribution in [0.1, 0.15) is 23.2 Å². The average Bonchev–Trinajstić information content (AvgIpc) is 3.03. The summed E-state index contributed by atoms with van der Waals surface area (Å²) in [6.07, 6.45) is 1.70. The highest BCUT2D eigenvalue weighted by Gasteiger charge is 2.26. The highest BCUT2D eigenvalue weighted by molar-refractivity contribution is 7.89. The maximum atomic E-state index is 13.5. The fourth-order valence-corrected chi connectivity index (χ4v) is 2.13. The van der Waals surface area contributed by atoms with Crippen molar-refractivity contribution >= 4 is 27.5 Å². The summed E-state index contributed by atoms with van der Waals surface area (Å²) in [6, 6.07) is 1.71. The molecule has 0 saturated heterocycles. The van der Waals surface area contributed by atoms with Crippen molar-refractivity contribution in [1.82, 2.24) is 5.32 Å². The van der Waals surface area contributed by atoms with Crippen molar-refractivity contribution < 1.29 is 17.6 Å². The molecule has 3 N–H and O–H groups in total. The average molecular weight is 293 g/mol. The number of hydrogen-bond donors (Lipinski definition) is 2. The van der Waals surface area contributed by atoms with E-state index in [-0.39, 0.29) is 11.6 Å². The van der Waals surface area contributed by atoms with Crippen LogP contribution in [0.3, 0.4) is 0 Å². The number of hydrogen-bond acceptors (Lipinski definition) is 3. The topological polar surface area (TPSA) is 89.3 Å². The first-order chi connectivity index (χ1) is 8.29. The van der Waals surface area contributed by atoms with Crippen LogP contribution in [0.15, 0.2) is 17.0 Å². The molecule has 0 aliphatic heterocycles. The quantitative estimate of drug-likeness (QED) is 0.871. The minimum Gasteiger partial charge on any atom is -0.349 e. The van der Waals surface area contributed by atoms with Gasteiger partial charge in [0.2, 0.25) is 10.0 Å². The van der Waals surface area contributed by atoms with Crippen molar-refractivity contribution in [3.05, 3.63) is 28.5 Å². The predicted octanol–water partition coefficient (Wildman–Crippen LogP) is 1.02. The van der Waals surface area contributed by atoms with E-state index >= 15 is 0 Å². The molecule has 1 saturated carbocycles. The van der Waals surface area contributed by atoms with Crippen LogP contribution in [0.2, 0.25) is 5.02 Å². The molecular weight excluding hydrogens is 283 g/mol. The maximum Gasteiger partial charge on any atom is 0.253 e. The Hall–Kier alpha value is -1.18. The molecular formula is C10H10ClFN2O3S. The lowest BCUT2D eigenvalue weighted by atomic mass is 10.2. The van der Waals surface area contributed by atoms with Crippen molar-refractivity contribution in [2.24, 2.45) is 5.14 Å². The number of nitrogens with two attached hydrogens (primary N) is 1. The molecule has 0 atom stereocenters. The third-order valence-electron chi connectivity index (χ3n) is 2.49. The first-order valence-corrected chi connectivity index (χ1v) is 7.04. The summed E-state index contributed by atoms with van der Waals surface area (Å²) < 4.78 is 35.7. The molecule has 2 rings (SSSR count). The molecule has 0 bridgehead atoms. The van der Waals surface area contributed by atoms with Crippen molar-refractivity contribution in [3.8, 4) is 0 Å². The van der Waals surface area contributed by atoms with Gasteiger partial charge in [0.25, 0.3) is 5.91 Å². The van der Waals surface area contributed by atoms with Crippen molar-refractivity contribution in [2.45, 2.75) is 23.8 Å². The highest BCUT2D eigenvalue weighted by atomic mass is 35.5. The number of amides is 1. The summed E-state index contributed by atoms with van der Waals surface area (Å²) in [5.74, 6) is -1.60. The molecule has 1 aromatic carbocycles. The van der Waals surface area contributed by atoms with E-state index < -0.39 is 31.7 Å². The standard InChI is InChI=1S/C10H10ClFN2O3S/c11-9-7(10(15)14-5-1-2-5)3-6(4-8(9)12)18(13,16)17/h3-5H,1-2H2,(H,14,15)(H2,13,16,17). The first-order valence-electron chi connectivity index (χ1n) is 5.12. The number of halogens is 2. The van der Waals surface area contributed by atoms with Crippen molar-refractivity contribution in [2.75, 3.05) is 0 Å². The monoisotopic (exact) mass is 292 g/mol. The van der Waals surface area contributed by atoms with E-state index in [0.29, 0.717) is 6.07 Å². The zero-order valence-electron chi connectivity index (χ0n) is 9.11. The van der Waals surface area contributed by atoms with Crippen LogP contribution >= 0.6 is 11.6 Å². The Morgan fingerprint density at radius 2 is 2.06 bits per heavy atom. The van der Waals surface area contributed by atoms with E-state index in [0.717, 1.165) is 18.9 Å². The Kier molecular flexibility index (Phi) is 3.31. The Morgan fingerprint density at radius 1 is 1.44 bits per heavy atom. The lowest BCUT2D eigenvalue weighted by Gasteiger charge is -2.08. The van der Waals surface area contributed by atoms with Gasteiger partial charge in [0, 0.05) is 6.04 Å². The summed E-state index contributed by atoms with van der Waals surface area (Å²) in [7, 11) is -4.09. The molecule has 5 nitrogen and oxygen atoms in total. The van der Waals surface area contributed by atoms with Gasteiger partial charge in [-0.1, -0.05) is 11.6 Å². The summed E-state index contributed by atoms with van der Waals surface area (Å²) in [6.45, 7) is 0. The fraction of sp³-hybridized carbons (Fsp3) is 0.300. The third kappa shape index (κ3) is 2.80.